The average Bonchev–Trinajstić information content (AvgIpc) is 1.97. The van der Waals surface area contributed by atoms with Gasteiger partial charge in [-0.2, -0.15) is 9.97 Å². The molecule has 5 N–H and O–H groups in total. The summed E-state index contributed by atoms with van der Waals surface area (Å²) in [5.41, 5.74) is 10.3. The molecule has 2 rings (SSSR count). The molecule has 1 aliphatic heterocycles. The molecule has 0 saturated carbocycles. The van der Waals surface area contributed by atoms with Gasteiger partial charge in [0.1, 0.15) is 11.6 Å². The summed E-state index contributed by atoms with van der Waals surface area (Å²) in [6.45, 7) is 2.86. The van der Waals surface area contributed by atoms with E-state index in [0.29, 0.717) is 24.7 Å². The van der Waals surface area contributed by atoms with Gasteiger partial charge in [0.2, 0.25) is 5.95 Å². The lowest BCUT2D eigenvalue weighted by Gasteiger charge is -2.44. The molecule has 0 amide bonds. The van der Waals surface area contributed by atoms with Gasteiger partial charge in [-0.25, -0.2) is 0 Å². The van der Waals surface area contributed by atoms with Gasteiger partial charge in [-0.05, 0) is 6.92 Å². The number of nitrogens with two attached hydrogens (primary N) is 2. The van der Waals surface area contributed by atoms with Crippen molar-refractivity contribution in [3.05, 3.63) is 6.07 Å². The van der Waals surface area contributed by atoms with E-state index < -0.39 is 5.60 Å². The van der Waals surface area contributed by atoms with Crippen molar-refractivity contribution in [3.8, 4) is 0 Å². The van der Waals surface area contributed by atoms with Crippen LogP contribution in [0.2, 0.25) is 0 Å². The Hall–Kier alpha value is -1.56. The highest BCUT2D eigenvalue weighted by Gasteiger charge is 2.37. The molecule has 2 heterocycles. The van der Waals surface area contributed by atoms with E-state index in [1.54, 1.807) is 13.0 Å². The average molecular weight is 195 g/mol. The van der Waals surface area contributed by atoms with Crippen molar-refractivity contribution in [1.29, 1.82) is 0 Å². The molecule has 0 unspecified atom stereocenters. The van der Waals surface area contributed by atoms with Gasteiger partial charge in [-0.3, -0.25) is 0 Å². The summed E-state index contributed by atoms with van der Waals surface area (Å²) in [6, 6.07) is 1.64. The largest absolute Gasteiger partial charge is 0.386 e. The fourth-order valence-corrected chi connectivity index (χ4v) is 1.57. The van der Waals surface area contributed by atoms with Gasteiger partial charge in [0.05, 0.1) is 5.60 Å². The van der Waals surface area contributed by atoms with Crippen molar-refractivity contribution in [1.82, 2.24) is 9.97 Å². The first kappa shape index (κ1) is 9.01. The fourth-order valence-electron chi connectivity index (χ4n) is 1.57. The fraction of sp³-hybridized carbons (Fsp3) is 0.500. The van der Waals surface area contributed by atoms with Gasteiger partial charge in [0, 0.05) is 19.2 Å². The van der Waals surface area contributed by atoms with Gasteiger partial charge in [-0.1, -0.05) is 0 Å². The maximum Gasteiger partial charge on any atom is 0.223 e. The van der Waals surface area contributed by atoms with Crippen LogP contribution in [0, 0.1) is 0 Å². The molecule has 0 aromatic carbocycles. The van der Waals surface area contributed by atoms with E-state index in [9.17, 15) is 5.11 Å². The minimum atomic E-state index is -0.630. The van der Waals surface area contributed by atoms with E-state index in [1.165, 1.54) is 0 Å². The number of rotatable bonds is 1. The summed E-state index contributed by atoms with van der Waals surface area (Å²) in [6.07, 6.45) is 0. The van der Waals surface area contributed by atoms with Crippen molar-refractivity contribution in [2.45, 2.75) is 12.5 Å². The predicted molar refractivity (Wildman–Crippen MR) is 53.7 cm³/mol. The second-order valence-electron chi connectivity index (χ2n) is 3.86. The molecule has 6 heteroatoms. The van der Waals surface area contributed by atoms with Crippen LogP contribution in [0.1, 0.15) is 6.92 Å². The molecule has 1 aromatic heterocycles. The molecule has 0 atom stereocenters. The van der Waals surface area contributed by atoms with Gasteiger partial charge < -0.3 is 21.5 Å². The number of hydrogen-bond donors (Lipinski definition) is 3. The standard InChI is InChI=1S/C8H13N5O/c1-8(14)3-13(4-8)6-2-5(9)11-7(10)12-6/h2,14H,3-4H2,1H3,(H4,9,10,11,12). The molecular weight excluding hydrogens is 182 g/mol. The first-order chi connectivity index (χ1) is 6.46. The summed E-state index contributed by atoms with van der Waals surface area (Å²) in [7, 11) is 0. The lowest BCUT2D eigenvalue weighted by Crippen LogP contribution is -2.60. The molecule has 0 bridgehead atoms. The third-order valence-corrected chi connectivity index (χ3v) is 2.14. The van der Waals surface area contributed by atoms with E-state index in [2.05, 4.69) is 9.97 Å². The molecule has 76 valence electrons. The summed E-state index contributed by atoms with van der Waals surface area (Å²) < 4.78 is 0. The number of hydrogen-bond acceptors (Lipinski definition) is 6. The van der Waals surface area contributed by atoms with E-state index in [-0.39, 0.29) is 5.95 Å². The molecule has 1 aliphatic rings. The number of β-amino-alcohol motifs (C(OH)–C–C–N with tert-alkyl or cyclic N) is 1. The summed E-state index contributed by atoms with van der Waals surface area (Å²) in [5, 5.41) is 9.54. The Morgan fingerprint density at radius 3 is 2.57 bits per heavy atom. The first-order valence-corrected chi connectivity index (χ1v) is 4.34. The molecule has 1 aromatic rings. The zero-order valence-electron chi connectivity index (χ0n) is 7.94. The lowest BCUT2D eigenvalue weighted by atomic mass is 9.97. The zero-order valence-corrected chi connectivity index (χ0v) is 7.94. The predicted octanol–water partition coefficient (Wildman–Crippen LogP) is -0.788. The second-order valence-corrected chi connectivity index (χ2v) is 3.86. The summed E-state index contributed by atoms with van der Waals surface area (Å²) in [5.74, 6) is 1.17. The number of aliphatic hydroxyl groups is 1. The molecule has 14 heavy (non-hydrogen) atoms. The smallest absolute Gasteiger partial charge is 0.223 e. The Kier molecular flexibility index (Phi) is 1.75. The molecule has 6 nitrogen and oxygen atoms in total. The first-order valence-electron chi connectivity index (χ1n) is 4.34. The van der Waals surface area contributed by atoms with Crippen LogP contribution in [-0.2, 0) is 0 Å². The lowest BCUT2D eigenvalue weighted by molar-refractivity contribution is 0.0305. The molecule has 0 radical (unpaired) electrons. The second kappa shape index (κ2) is 2.71. The highest BCUT2D eigenvalue weighted by molar-refractivity contribution is 5.52. The molecule has 1 fully saturated rings. The Labute approximate surface area is 81.6 Å². The molecule has 1 saturated heterocycles. The van der Waals surface area contributed by atoms with Crippen molar-refractivity contribution in [2.75, 3.05) is 29.5 Å². The Morgan fingerprint density at radius 2 is 2.07 bits per heavy atom. The molecule has 0 aliphatic carbocycles. The maximum atomic E-state index is 9.54. The van der Waals surface area contributed by atoms with Crippen LogP contribution in [0.25, 0.3) is 0 Å². The van der Waals surface area contributed by atoms with Crippen molar-refractivity contribution in [2.24, 2.45) is 0 Å². The van der Waals surface area contributed by atoms with Crippen LogP contribution >= 0.6 is 0 Å². The van der Waals surface area contributed by atoms with Crippen LogP contribution in [0.5, 0.6) is 0 Å². The quantitative estimate of drug-likeness (QED) is 0.543. The Balaban J connectivity index is 2.18. The Bertz CT molecular complexity index is 336. The van der Waals surface area contributed by atoms with Crippen molar-refractivity contribution < 1.29 is 5.11 Å². The minimum absolute atomic E-state index is 0.159. The van der Waals surface area contributed by atoms with E-state index in [4.69, 9.17) is 11.5 Å². The van der Waals surface area contributed by atoms with Crippen LogP contribution in [0.4, 0.5) is 17.6 Å². The van der Waals surface area contributed by atoms with Crippen LogP contribution < -0.4 is 16.4 Å². The highest BCUT2D eigenvalue weighted by Crippen LogP contribution is 2.26. The van der Waals surface area contributed by atoms with E-state index in [1.807, 2.05) is 4.90 Å². The number of nitrogens with zero attached hydrogens (tertiary/aromatic N) is 3. The van der Waals surface area contributed by atoms with Gasteiger partial charge in [0.15, 0.2) is 0 Å². The van der Waals surface area contributed by atoms with Gasteiger partial charge in [0.25, 0.3) is 0 Å². The Morgan fingerprint density at radius 1 is 1.43 bits per heavy atom. The third kappa shape index (κ3) is 1.56. The normalized spacial score (nSPS) is 19.1. The van der Waals surface area contributed by atoms with Gasteiger partial charge in [-0.15, -0.1) is 0 Å². The topological polar surface area (TPSA) is 101 Å². The van der Waals surface area contributed by atoms with E-state index >= 15 is 0 Å². The molecular formula is C8H13N5O. The maximum absolute atomic E-state index is 9.54. The van der Waals surface area contributed by atoms with Crippen molar-refractivity contribution >= 4 is 17.6 Å². The third-order valence-electron chi connectivity index (χ3n) is 2.14. The number of aromatic nitrogens is 2. The summed E-state index contributed by atoms with van der Waals surface area (Å²) in [4.78, 5) is 9.69. The van der Waals surface area contributed by atoms with Gasteiger partial charge >= 0.3 is 0 Å². The highest BCUT2D eigenvalue weighted by atomic mass is 16.3. The molecule has 0 spiro atoms. The number of nitrogen functional groups attached to an aromatic ring is 2. The van der Waals surface area contributed by atoms with Crippen LogP contribution in [0.3, 0.4) is 0 Å². The summed E-state index contributed by atoms with van der Waals surface area (Å²) >= 11 is 0. The SMILES string of the molecule is CC1(O)CN(c2cc(N)nc(N)n2)C1. The van der Waals surface area contributed by atoms with E-state index in [0.717, 1.165) is 0 Å². The zero-order chi connectivity index (χ0) is 10.3. The minimum Gasteiger partial charge on any atom is -0.386 e. The van der Waals surface area contributed by atoms with Crippen molar-refractivity contribution in [3.63, 3.8) is 0 Å². The van der Waals surface area contributed by atoms with Crippen LogP contribution in [-0.4, -0.2) is 33.8 Å². The monoisotopic (exact) mass is 195 g/mol. The number of anilines is 3. The van der Waals surface area contributed by atoms with Crippen LogP contribution in [0.15, 0.2) is 6.07 Å².